The van der Waals surface area contributed by atoms with Crippen LogP contribution in [0.25, 0.3) is 0 Å². The summed E-state index contributed by atoms with van der Waals surface area (Å²) in [6, 6.07) is 14.4. The third kappa shape index (κ3) is 5.01. The molecule has 0 saturated heterocycles. The molecule has 3 rings (SSSR count). The molecule has 2 aromatic rings. The average molecular weight is 368 g/mol. The number of carbonyl (C=O) groups is 1. The molecule has 5 nitrogen and oxygen atoms in total. The van der Waals surface area contributed by atoms with Crippen LogP contribution < -0.4 is 14.8 Å². The van der Waals surface area contributed by atoms with Crippen LogP contribution in [-0.2, 0) is 11.2 Å². The van der Waals surface area contributed by atoms with Gasteiger partial charge in [-0.2, -0.15) is 0 Å². The van der Waals surface area contributed by atoms with Gasteiger partial charge in [0.05, 0.1) is 6.04 Å². The van der Waals surface area contributed by atoms with Crippen molar-refractivity contribution >= 4 is 5.91 Å². The first-order valence-electron chi connectivity index (χ1n) is 9.42. The molecule has 0 radical (unpaired) electrons. The molecule has 1 aliphatic heterocycles. The van der Waals surface area contributed by atoms with Gasteiger partial charge in [0, 0.05) is 13.0 Å². The maximum atomic E-state index is 12.3. The highest BCUT2D eigenvalue weighted by molar-refractivity contribution is 5.75. The van der Waals surface area contributed by atoms with Crippen molar-refractivity contribution in [2.45, 2.75) is 32.2 Å². The number of aryl methyl sites for hydroxylation is 2. The monoisotopic (exact) mass is 368 g/mol. The molecule has 0 spiro atoms. The highest BCUT2D eigenvalue weighted by Gasteiger charge is 2.20. The van der Waals surface area contributed by atoms with Crippen LogP contribution in [-0.4, -0.2) is 38.2 Å². The summed E-state index contributed by atoms with van der Waals surface area (Å²) in [6.07, 6.45) is 2.32. The van der Waals surface area contributed by atoms with Gasteiger partial charge < -0.3 is 19.7 Å². The maximum Gasteiger partial charge on any atom is 0.231 e. The van der Waals surface area contributed by atoms with Crippen LogP contribution in [0.2, 0.25) is 0 Å². The van der Waals surface area contributed by atoms with Gasteiger partial charge in [0.2, 0.25) is 12.7 Å². The first-order valence-corrected chi connectivity index (χ1v) is 9.42. The van der Waals surface area contributed by atoms with Crippen molar-refractivity contribution in [3.05, 3.63) is 59.2 Å². The number of hydrogen-bond acceptors (Lipinski definition) is 4. The minimum Gasteiger partial charge on any atom is -0.454 e. The topological polar surface area (TPSA) is 50.8 Å². The molecule has 1 amide bonds. The molecule has 27 heavy (non-hydrogen) atoms. The van der Waals surface area contributed by atoms with Crippen LogP contribution in [0, 0.1) is 6.92 Å². The van der Waals surface area contributed by atoms with Crippen LogP contribution in [0.1, 0.15) is 35.6 Å². The van der Waals surface area contributed by atoms with Crippen molar-refractivity contribution < 1.29 is 14.3 Å². The van der Waals surface area contributed by atoms with Gasteiger partial charge in [-0.3, -0.25) is 4.79 Å². The smallest absolute Gasteiger partial charge is 0.231 e. The van der Waals surface area contributed by atoms with E-state index in [1.165, 1.54) is 11.1 Å². The van der Waals surface area contributed by atoms with E-state index in [4.69, 9.17) is 9.47 Å². The van der Waals surface area contributed by atoms with Crippen molar-refractivity contribution in [2.75, 3.05) is 27.4 Å². The highest BCUT2D eigenvalue weighted by Crippen LogP contribution is 2.34. The third-order valence-corrected chi connectivity index (χ3v) is 5.01. The first-order chi connectivity index (χ1) is 13.0. The van der Waals surface area contributed by atoms with Gasteiger partial charge in [-0.05, 0) is 62.7 Å². The van der Waals surface area contributed by atoms with Crippen molar-refractivity contribution in [3.63, 3.8) is 0 Å². The Morgan fingerprint density at radius 3 is 2.70 bits per heavy atom. The van der Waals surface area contributed by atoms with Gasteiger partial charge in [-0.15, -0.1) is 0 Å². The third-order valence-electron chi connectivity index (χ3n) is 5.01. The minimum atomic E-state index is 0.0832. The Bertz CT molecular complexity index is 789. The Morgan fingerprint density at radius 2 is 1.93 bits per heavy atom. The number of rotatable bonds is 8. The zero-order valence-electron chi connectivity index (χ0n) is 16.3. The van der Waals surface area contributed by atoms with E-state index < -0.39 is 0 Å². The van der Waals surface area contributed by atoms with Crippen LogP contribution >= 0.6 is 0 Å². The molecule has 1 N–H and O–H groups in total. The number of fused-ring (bicyclic) bond motifs is 1. The molecule has 1 heterocycles. The molecule has 2 aromatic carbocycles. The summed E-state index contributed by atoms with van der Waals surface area (Å²) >= 11 is 0. The van der Waals surface area contributed by atoms with E-state index >= 15 is 0 Å². The summed E-state index contributed by atoms with van der Waals surface area (Å²) in [7, 11) is 4.03. The van der Waals surface area contributed by atoms with Crippen LogP contribution in [0.3, 0.4) is 0 Å². The summed E-state index contributed by atoms with van der Waals surface area (Å²) < 4.78 is 10.8. The number of amides is 1. The molecular weight excluding hydrogens is 340 g/mol. The predicted octanol–water partition coefficient (Wildman–Crippen LogP) is 3.47. The zero-order valence-corrected chi connectivity index (χ0v) is 16.3. The Morgan fingerprint density at radius 1 is 1.15 bits per heavy atom. The zero-order chi connectivity index (χ0) is 19.2. The van der Waals surface area contributed by atoms with Crippen molar-refractivity contribution in [1.82, 2.24) is 10.2 Å². The molecule has 1 aliphatic rings. The predicted molar refractivity (Wildman–Crippen MR) is 106 cm³/mol. The number of nitrogens with zero attached hydrogens (tertiary/aromatic N) is 1. The first kappa shape index (κ1) is 19.2. The second-order valence-corrected chi connectivity index (χ2v) is 7.18. The normalized spacial score (nSPS) is 13.6. The highest BCUT2D eigenvalue weighted by atomic mass is 16.7. The van der Waals surface area contributed by atoms with Gasteiger partial charge in [0.25, 0.3) is 0 Å². The van der Waals surface area contributed by atoms with E-state index in [9.17, 15) is 4.79 Å². The number of hydrogen-bond donors (Lipinski definition) is 1. The molecule has 1 atom stereocenters. The van der Waals surface area contributed by atoms with Gasteiger partial charge in [-0.1, -0.05) is 30.3 Å². The van der Waals surface area contributed by atoms with Gasteiger partial charge in [0.1, 0.15) is 0 Å². The average Bonchev–Trinajstić information content (AvgIpc) is 3.11. The molecular formula is C22H28N2O3. The molecule has 1 unspecified atom stereocenters. The number of likely N-dealkylation sites (N-methyl/N-ethyl adjacent to an activating group) is 1. The lowest BCUT2D eigenvalue weighted by Gasteiger charge is -2.25. The Hall–Kier alpha value is -2.53. The van der Waals surface area contributed by atoms with Gasteiger partial charge in [-0.25, -0.2) is 0 Å². The van der Waals surface area contributed by atoms with E-state index in [1.807, 2.05) is 38.4 Å². The number of benzene rings is 2. The standard InChI is InChI=1S/C22H28N2O3/c1-16-7-4-5-8-17(16)9-6-10-22(25)23-14-19(24(2)3)18-11-12-20-21(13-18)27-15-26-20/h4-5,7-8,11-13,19H,6,9-10,14-15H2,1-3H3,(H,23,25). The van der Waals surface area contributed by atoms with E-state index in [0.29, 0.717) is 13.0 Å². The molecule has 0 aromatic heterocycles. The molecule has 144 valence electrons. The molecule has 0 bridgehead atoms. The fourth-order valence-corrected chi connectivity index (χ4v) is 3.35. The number of carbonyl (C=O) groups excluding carboxylic acids is 1. The van der Waals surface area contributed by atoms with Crippen molar-refractivity contribution in [1.29, 1.82) is 0 Å². The summed E-state index contributed by atoms with van der Waals surface area (Å²) in [5, 5.41) is 3.08. The SMILES string of the molecule is Cc1ccccc1CCCC(=O)NCC(c1ccc2c(c1)OCO2)N(C)C. The van der Waals surface area contributed by atoms with Gasteiger partial charge in [0.15, 0.2) is 11.5 Å². The fraction of sp³-hybridized carbons (Fsp3) is 0.409. The molecule has 0 fully saturated rings. The van der Waals surface area contributed by atoms with E-state index in [1.54, 1.807) is 0 Å². The molecule has 0 saturated carbocycles. The fourth-order valence-electron chi connectivity index (χ4n) is 3.35. The molecule has 0 aliphatic carbocycles. The summed E-state index contributed by atoms with van der Waals surface area (Å²) in [4.78, 5) is 14.4. The molecule has 5 heteroatoms. The summed E-state index contributed by atoms with van der Waals surface area (Å²) in [5.74, 6) is 1.64. The summed E-state index contributed by atoms with van der Waals surface area (Å²) in [6.45, 7) is 2.95. The Labute approximate surface area is 161 Å². The number of ether oxygens (including phenoxy) is 2. The van der Waals surface area contributed by atoms with Crippen LogP contribution in [0.15, 0.2) is 42.5 Å². The van der Waals surface area contributed by atoms with Crippen LogP contribution in [0.4, 0.5) is 0 Å². The quantitative estimate of drug-likeness (QED) is 0.775. The lowest BCUT2D eigenvalue weighted by atomic mass is 10.0. The number of nitrogens with one attached hydrogen (secondary N) is 1. The Kier molecular flexibility index (Phi) is 6.35. The van der Waals surface area contributed by atoms with E-state index in [2.05, 4.69) is 35.3 Å². The largest absolute Gasteiger partial charge is 0.454 e. The van der Waals surface area contributed by atoms with E-state index in [0.717, 1.165) is 29.9 Å². The lowest BCUT2D eigenvalue weighted by molar-refractivity contribution is -0.121. The second-order valence-electron chi connectivity index (χ2n) is 7.18. The minimum absolute atomic E-state index is 0.0832. The van der Waals surface area contributed by atoms with Crippen LogP contribution in [0.5, 0.6) is 11.5 Å². The Balaban J connectivity index is 1.50. The van der Waals surface area contributed by atoms with E-state index in [-0.39, 0.29) is 18.7 Å². The van der Waals surface area contributed by atoms with Gasteiger partial charge >= 0.3 is 0 Å². The maximum absolute atomic E-state index is 12.3. The second kappa shape index (κ2) is 8.91. The van der Waals surface area contributed by atoms with Crippen molar-refractivity contribution in [2.24, 2.45) is 0 Å². The summed E-state index contributed by atoms with van der Waals surface area (Å²) in [5.41, 5.74) is 3.70. The lowest BCUT2D eigenvalue weighted by Crippen LogP contribution is -2.34. The van der Waals surface area contributed by atoms with Crippen molar-refractivity contribution in [3.8, 4) is 11.5 Å².